The molecule has 0 aromatic heterocycles. The van der Waals surface area contributed by atoms with Gasteiger partial charge in [-0.2, -0.15) is 0 Å². The summed E-state index contributed by atoms with van der Waals surface area (Å²) in [7, 11) is 0. The number of rotatable bonds is 5. The molecule has 3 amide bonds. The van der Waals surface area contributed by atoms with Crippen LogP contribution < -0.4 is 14.5 Å². The van der Waals surface area contributed by atoms with E-state index in [9.17, 15) is 19.2 Å². The number of fused-ring (bicyclic) bond motifs is 1. The lowest BCUT2D eigenvalue weighted by atomic mass is 9.82. The number of ether oxygens (including phenoxy) is 1. The second kappa shape index (κ2) is 9.13. The average Bonchev–Trinajstić information content (AvgIpc) is 3.36. The van der Waals surface area contributed by atoms with Gasteiger partial charge in [0.25, 0.3) is 0 Å². The Hall–Kier alpha value is -3.74. The molecule has 2 heterocycles. The number of aryl methyl sites for hydroxylation is 1. The van der Waals surface area contributed by atoms with Crippen LogP contribution in [0.5, 0.6) is 5.75 Å². The third kappa shape index (κ3) is 4.16. The Morgan fingerprint density at radius 1 is 0.971 bits per heavy atom. The first-order valence-electron chi connectivity index (χ1n) is 12.1. The van der Waals surface area contributed by atoms with Crippen LogP contribution in [0, 0.1) is 17.8 Å². The molecule has 0 saturated carbocycles. The molecular weight excluding hydrogens is 444 g/mol. The van der Waals surface area contributed by atoms with Crippen LogP contribution in [0.25, 0.3) is 0 Å². The Bertz CT molecular complexity index is 1230. The van der Waals surface area contributed by atoms with Gasteiger partial charge in [0.05, 0.1) is 23.4 Å². The minimum atomic E-state index is -0.562. The van der Waals surface area contributed by atoms with Crippen LogP contribution in [-0.2, 0) is 25.6 Å². The standard InChI is InChI=1S/C28H28N2O5/c1-3-18-6-4-5-7-24(18)29-16-19(15-25(29)31)28(34)35-21-11-9-20(10-12-21)30-26(32)22-13-8-17(2)14-23(22)27(30)33/h4-12,19,22-23H,3,13-16H2,1-2H3/t19-,22-,23-/m1/s1. The summed E-state index contributed by atoms with van der Waals surface area (Å²) in [5.74, 6) is -1.76. The molecule has 2 aromatic rings. The summed E-state index contributed by atoms with van der Waals surface area (Å²) in [6.07, 6.45) is 4.13. The Kier molecular flexibility index (Phi) is 6.01. The first kappa shape index (κ1) is 23.0. The summed E-state index contributed by atoms with van der Waals surface area (Å²) in [6, 6.07) is 14.1. The van der Waals surface area contributed by atoms with E-state index < -0.39 is 11.9 Å². The third-order valence-corrected chi connectivity index (χ3v) is 7.26. The molecule has 0 bridgehead atoms. The van der Waals surface area contributed by atoms with Crippen molar-refractivity contribution >= 4 is 35.1 Å². The molecule has 7 heteroatoms. The zero-order valence-electron chi connectivity index (χ0n) is 19.9. The number of anilines is 2. The highest BCUT2D eigenvalue weighted by atomic mass is 16.5. The lowest BCUT2D eigenvalue weighted by Crippen LogP contribution is -2.30. The van der Waals surface area contributed by atoms with Crippen molar-refractivity contribution in [2.45, 2.75) is 39.5 Å². The summed E-state index contributed by atoms with van der Waals surface area (Å²) in [5.41, 5.74) is 3.51. The Labute approximate surface area is 204 Å². The number of allylic oxidation sites excluding steroid dienone is 2. The molecule has 35 heavy (non-hydrogen) atoms. The zero-order valence-corrected chi connectivity index (χ0v) is 19.9. The number of carbonyl (C=O) groups is 4. The molecule has 3 aliphatic rings. The molecule has 0 spiro atoms. The number of carbonyl (C=O) groups excluding carboxylic acids is 4. The number of imide groups is 1. The Balaban J connectivity index is 1.25. The molecule has 2 fully saturated rings. The minimum absolute atomic E-state index is 0.0968. The van der Waals surface area contributed by atoms with Gasteiger partial charge in [-0.1, -0.05) is 36.8 Å². The van der Waals surface area contributed by atoms with E-state index in [-0.39, 0.29) is 42.5 Å². The summed E-state index contributed by atoms with van der Waals surface area (Å²) in [4.78, 5) is 54.2. The number of hydrogen-bond acceptors (Lipinski definition) is 5. The molecule has 0 unspecified atom stereocenters. The number of para-hydroxylation sites is 1. The van der Waals surface area contributed by atoms with E-state index >= 15 is 0 Å². The van der Waals surface area contributed by atoms with Crippen molar-refractivity contribution in [3.63, 3.8) is 0 Å². The van der Waals surface area contributed by atoms with Crippen LogP contribution in [0.3, 0.4) is 0 Å². The zero-order chi connectivity index (χ0) is 24.7. The number of nitrogens with zero attached hydrogens (tertiary/aromatic N) is 2. The van der Waals surface area contributed by atoms with Crippen molar-refractivity contribution in [1.29, 1.82) is 0 Å². The van der Waals surface area contributed by atoms with Crippen LogP contribution in [0.1, 0.15) is 38.7 Å². The highest BCUT2D eigenvalue weighted by Crippen LogP contribution is 2.40. The lowest BCUT2D eigenvalue weighted by molar-refractivity contribution is -0.139. The molecule has 0 N–H and O–H groups in total. The smallest absolute Gasteiger partial charge is 0.316 e. The molecule has 0 radical (unpaired) electrons. The second-order valence-corrected chi connectivity index (χ2v) is 9.52. The fourth-order valence-electron chi connectivity index (χ4n) is 5.33. The van der Waals surface area contributed by atoms with Gasteiger partial charge in [-0.3, -0.25) is 24.1 Å². The number of amides is 3. The van der Waals surface area contributed by atoms with Crippen LogP contribution in [0.15, 0.2) is 60.2 Å². The molecule has 2 saturated heterocycles. The number of hydrogen-bond donors (Lipinski definition) is 0. The molecule has 5 rings (SSSR count). The van der Waals surface area contributed by atoms with Gasteiger partial charge >= 0.3 is 5.97 Å². The van der Waals surface area contributed by atoms with Gasteiger partial charge in [0, 0.05) is 18.7 Å². The van der Waals surface area contributed by atoms with Gasteiger partial charge in [-0.05, 0) is 62.1 Å². The van der Waals surface area contributed by atoms with E-state index in [0.29, 0.717) is 24.3 Å². The van der Waals surface area contributed by atoms with E-state index in [1.165, 1.54) is 4.90 Å². The van der Waals surface area contributed by atoms with E-state index in [1.807, 2.05) is 44.2 Å². The predicted molar refractivity (Wildman–Crippen MR) is 131 cm³/mol. The first-order valence-corrected chi connectivity index (χ1v) is 12.1. The van der Waals surface area contributed by atoms with Gasteiger partial charge in [0.2, 0.25) is 17.7 Å². The van der Waals surface area contributed by atoms with Crippen LogP contribution in [0.2, 0.25) is 0 Å². The fourth-order valence-corrected chi connectivity index (χ4v) is 5.33. The molecule has 2 aliphatic heterocycles. The second-order valence-electron chi connectivity index (χ2n) is 9.52. The lowest BCUT2D eigenvalue weighted by Gasteiger charge is -2.19. The van der Waals surface area contributed by atoms with Crippen LogP contribution in [-0.4, -0.2) is 30.2 Å². The van der Waals surface area contributed by atoms with Crippen molar-refractivity contribution in [2.75, 3.05) is 16.3 Å². The number of benzene rings is 2. The third-order valence-electron chi connectivity index (χ3n) is 7.26. The predicted octanol–water partition coefficient (Wildman–Crippen LogP) is 4.05. The van der Waals surface area contributed by atoms with Crippen molar-refractivity contribution in [1.82, 2.24) is 0 Å². The van der Waals surface area contributed by atoms with Gasteiger partial charge < -0.3 is 9.64 Å². The molecule has 3 atom stereocenters. The van der Waals surface area contributed by atoms with E-state index in [0.717, 1.165) is 23.2 Å². The minimum Gasteiger partial charge on any atom is -0.426 e. The quantitative estimate of drug-likeness (QED) is 0.284. The Morgan fingerprint density at radius 3 is 2.43 bits per heavy atom. The van der Waals surface area contributed by atoms with Gasteiger partial charge in [-0.25, -0.2) is 0 Å². The summed E-state index contributed by atoms with van der Waals surface area (Å²) >= 11 is 0. The highest BCUT2D eigenvalue weighted by Gasteiger charge is 2.48. The molecule has 1 aliphatic carbocycles. The maximum Gasteiger partial charge on any atom is 0.316 e. The molecular formula is C28H28N2O5. The molecule has 180 valence electrons. The summed E-state index contributed by atoms with van der Waals surface area (Å²) in [6.45, 7) is 4.29. The molecule has 2 aromatic carbocycles. The summed E-state index contributed by atoms with van der Waals surface area (Å²) < 4.78 is 5.55. The fraction of sp³-hybridized carbons (Fsp3) is 0.357. The normalized spacial score (nSPS) is 24.0. The van der Waals surface area contributed by atoms with Gasteiger partial charge in [0.1, 0.15) is 5.75 Å². The maximum absolute atomic E-state index is 12.9. The molecule has 7 nitrogen and oxygen atoms in total. The monoisotopic (exact) mass is 472 g/mol. The van der Waals surface area contributed by atoms with E-state index in [1.54, 1.807) is 29.2 Å². The van der Waals surface area contributed by atoms with Crippen LogP contribution in [0.4, 0.5) is 11.4 Å². The first-order chi connectivity index (χ1) is 16.9. The van der Waals surface area contributed by atoms with Gasteiger partial charge in [0.15, 0.2) is 0 Å². The Morgan fingerprint density at radius 2 is 1.69 bits per heavy atom. The topological polar surface area (TPSA) is 84.0 Å². The van der Waals surface area contributed by atoms with Crippen molar-refractivity contribution in [2.24, 2.45) is 17.8 Å². The SMILES string of the molecule is CCc1ccccc1N1C[C@H](C(=O)Oc2ccc(N3C(=O)[C@@H]4CC=C(C)C[C@H]4C3=O)cc2)CC1=O. The maximum atomic E-state index is 12.9. The summed E-state index contributed by atoms with van der Waals surface area (Å²) in [5, 5.41) is 0. The van der Waals surface area contributed by atoms with E-state index in [2.05, 4.69) is 0 Å². The average molecular weight is 473 g/mol. The van der Waals surface area contributed by atoms with E-state index in [4.69, 9.17) is 4.74 Å². The van der Waals surface area contributed by atoms with Crippen molar-refractivity contribution in [3.05, 3.63) is 65.7 Å². The van der Waals surface area contributed by atoms with Crippen LogP contribution >= 0.6 is 0 Å². The number of esters is 1. The largest absolute Gasteiger partial charge is 0.426 e. The highest BCUT2D eigenvalue weighted by molar-refractivity contribution is 6.22. The van der Waals surface area contributed by atoms with Crippen molar-refractivity contribution < 1.29 is 23.9 Å². The van der Waals surface area contributed by atoms with Gasteiger partial charge in [-0.15, -0.1) is 0 Å². The van der Waals surface area contributed by atoms with Crippen molar-refractivity contribution in [3.8, 4) is 5.75 Å².